The van der Waals surface area contributed by atoms with E-state index in [1.807, 2.05) is 24.3 Å². The number of nitrogens with zero attached hydrogens (tertiary/aromatic N) is 2. The summed E-state index contributed by atoms with van der Waals surface area (Å²) < 4.78 is 1.28. The van der Waals surface area contributed by atoms with Crippen LogP contribution in [0.5, 0.6) is 0 Å². The van der Waals surface area contributed by atoms with Crippen LogP contribution >= 0.6 is 0 Å². The normalized spacial score (nSPS) is 14.0. The molecular formula is C20H25N3O2. The van der Waals surface area contributed by atoms with Crippen molar-refractivity contribution in [2.75, 3.05) is 5.32 Å². The first-order valence-electron chi connectivity index (χ1n) is 9.02. The fourth-order valence-electron chi connectivity index (χ4n) is 3.18. The van der Waals surface area contributed by atoms with Crippen molar-refractivity contribution in [3.05, 3.63) is 57.5 Å². The van der Waals surface area contributed by atoms with Gasteiger partial charge in [-0.05, 0) is 54.9 Å². The van der Waals surface area contributed by atoms with Crippen molar-refractivity contribution in [1.82, 2.24) is 9.78 Å². The third-order valence-corrected chi connectivity index (χ3v) is 4.68. The van der Waals surface area contributed by atoms with Gasteiger partial charge < -0.3 is 5.32 Å². The Morgan fingerprint density at radius 2 is 1.88 bits per heavy atom. The van der Waals surface area contributed by atoms with Gasteiger partial charge >= 0.3 is 0 Å². The maximum absolute atomic E-state index is 12.3. The quantitative estimate of drug-likeness (QED) is 0.870. The van der Waals surface area contributed by atoms with Gasteiger partial charge in [0, 0.05) is 11.8 Å². The lowest BCUT2D eigenvalue weighted by atomic mass is 10.0. The van der Waals surface area contributed by atoms with Crippen LogP contribution in [-0.2, 0) is 24.2 Å². The van der Waals surface area contributed by atoms with E-state index in [4.69, 9.17) is 0 Å². The van der Waals surface area contributed by atoms with Gasteiger partial charge in [-0.1, -0.05) is 32.4 Å². The third-order valence-electron chi connectivity index (χ3n) is 4.68. The Morgan fingerprint density at radius 3 is 2.60 bits per heavy atom. The molecule has 2 aromatic rings. The molecule has 1 amide bonds. The number of amides is 1. The van der Waals surface area contributed by atoms with Crippen molar-refractivity contribution in [2.24, 2.45) is 0 Å². The number of anilines is 1. The van der Waals surface area contributed by atoms with Crippen LogP contribution in [-0.4, -0.2) is 15.7 Å². The Bertz CT molecular complexity index is 807. The van der Waals surface area contributed by atoms with E-state index in [0.717, 1.165) is 49.0 Å². The van der Waals surface area contributed by atoms with Crippen molar-refractivity contribution in [2.45, 2.75) is 58.4 Å². The molecule has 132 valence electrons. The molecule has 0 fully saturated rings. The lowest BCUT2D eigenvalue weighted by molar-refractivity contribution is -0.117. The summed E-state index contributed by atoms with van der Waals surface area (Å²) in [6.45, 7) is 4.20. The molecule has 1 heterocycles. The number of rotatable bonds is 4. The van der Waals surface area contributed by atoms with E-state index < -0.39 is 0 Å². The van der Waals surface area contributed by atoms with Crippen LogP contribution in [0.3, 0.4) is 0 Å². The van der Waals surface area contributed by atoms with Crippen molar-refractivity contribution < 1.29 is 4.79 Å². The number of hydrogen-bond donors (Lipinski definition) is 1. The van der Waals surface area contributed by atoms with Gasteiger partial charge in [-0.25, -0.2) is 4.68 Å². The second-order valence-corrected chi connectivity index (χ2v) is 7.00. The number of hydrogen-bond acceptors (Lipinski definition) is 3. The van der Waals surface area contributed by atoms with Gasteiger partial charge in [0.1, 0.15) is 6.54 Å². The smallest absolute Gasteiger partial charge is 0.267 e. The van der Waals surface area contributed by atoms with Crippen LogP contribution in [0.4, 0.5) is 5.69 Å². The van der Waals surface area contributed by atoms with Crippen LogP contribution in [0, 0.1) is 0 Å². The average molecular weight is 339 g/mol. The number of nitrogens with one attached hydrogen (secondary N) is 1. The van der Waals surface area contributed by atoms with Gasteiger partial charge in [-0.15, -0.1) is 0 Å². The Kier molecular flexibility index (Phi) is 5.31. The molecular weight excluding hydrogens is 314 g/mol. The van der Waals surface area contributed by atoms with Crippen LogP contribution in [0.2, 0.25) is 0 Å². The second-order valence-electron chi connectivity index (χ2n) is 7.00. The highest BCUT2D eigenvalue weighted by Crippen LogP contribution is 2.18. The van der Waals surface area contributed by atoms with E-state index in [2.05, 4.69) is 24.3 Å². The topological polar surface area (TPSA) is 64.0 Å². The fourth-order valence-corrected chi connectivity index (χ4v) is 3.18. The molecule has 1 aromatic heterocycles. The van der Waals surface area contributed by atoms with Crippen LogP contribution < -0.4 is 10.9 Å². The van der Waals surface area contributed by atoms with Crippen molar-refractivity contribution in [3.63, 3.8) is 0 Å². The van der Waals surface area contributed by atoms with Gasteiger partial charge in [0.05, 0.1) is 5.69 Å². The summed E-state index contributed by atoms with van der Waals surface area (Å²) in [6, 6.07) is 9.44. The molecule has 25 heavy (non-hydrogen) atoms. The first-order chi connectivity index (χ1) is 12.0. The average Bonchev–Trinajstić information content (AvgIpc) is 2.80. The van der Waals surface area contributed by atoms with Crippen LogP contribution in [0.25, 0.3) is 0 Å². The van der Waals surface area contributed by atoms with Crippen LogP contribution in [0.1, 0.15) is 55.8 Å². The summed E-state index contributed by atoms with van der Waals surface area (Å²) in [6.07, 6.45) is 5.15. The summed E-state index contributed by atoms with van der Waals surface area (Å²) >= 11 is 0. The van der Waals surface area contributed by atoms with Gasteiger partial charge in [0.2, 0.25) is 5.91 Å². The maximum Gasteiger partial charge on any atom is 0.267 e. The van der Waals surface area contributed by atoms with Gasteiger partial charge in [-0.3, -0.25) is 9.59 Å². The Labute approximate surface area is 148 Å². The predicted molar refractivity (Wildman–Crippen MR) is 98.9 cm³/mol. The Balaban J connectivity index is 1.70. The highest BCUT2D eigenvalue weighted by atomic mass is 16.2. The lowest BCUT2D eigenvalue weighted by Gasteiger charge is -2.11. The zero-order valence-electron chi connectivity index (χ0n) is 14.9. The SMILES string of the molecule is CC(C)c1ccc(NC(=O)Cn2nc3c(cc2=O)CCCCC3)cc1. The Hall–Kier alpha value is -2.43. The highest BCUT2D eigenvalue weighted by molar-refractivity contribution is 5.90. The number of benzene rings is 1. The van der Waals surface area contributed by atoms with Crippen molar-refractivity contribution >= 4 is 11.6 Å². The molecule has 5 heteroatoms. The van der Waals surface area contributed by atoms with E-state index >= 15 is 0 Å². The minimum Gasteiger partial charge on any atom is -0.324 e. The number of fused-ring (bicyclic) bond motifs is 1. The van der Waals surface area contributed by atoms with Gasteiger partial charge in [0.25, 0.3) is 5.56 Å². The molecule has 0 saturated heterocycles. The first kappa shape index (κ1) is 17.4. The highest BCUT2D eigenvalue weighted by Gasteiger charge is 2.14. The molecule has 1 aliphatic rings. The largest absolute Gasteiger partial charge is 0.324 e. The molecule has 0 bridgehead atoms. The third kappa shape index (κ3) is 4.35. The molecule has 0 atom stereocenters. The molecule has 0 aliphatic heterocycles. The summed E-state index contributed by atoms with van der Waals surface area (Å²) in [4.78, 5) is 24.5. The molecule has 3 rings (SSSR count). The van der Waals surface area contributed by atoms with E-state index in [9.17, 15) is 9.59 Å². The minimum atomic E-state index is -0.236. The van der Waals surface area contributed by atoms with Gasteiger partial charge in [-0.2, -0.15) is 5.10 Å². The van der Waals surface area contributed by atoms with E-state index in [-0.39, 0.29) is 18.0 Å². The molecule has 0 spiro atoms. The van der Waals surface area contributed by atoms with Crippen molar-refractivity contribution in [1.29, 1.82) is 0 Å². The molecule has 1 aromatic carbocycles. The fraction of sp³-hybridized carbons (Fsp3) is 0.450. The van der Waals surface area contributed by atoms with Crippen LogP contribution in [0.15, 0.2) is 35.1 Å². The zero-order chi connectivity index (χ0) is 17.8. The van der Waals surface area contributed by atoms with E-state index in [1.165, 1.54) is 10.2 Å². The molecule has 0 saturated carbocycles. The lowest BCUT2D eigenvalue weighted by Crippen LogP contribution is -2.30. The Morgan fingerprint density at radius 1 is 1.16 bits per heavy atom. The monoisotopic (exact) mass is 339 g/mol. The molecule has 5 nitrogen and oxygen atoms in total. The molecule has 0 radical (unpaired) electrons. The van der Waals surface area contributed by atoms with Crippen molar-refractivity contribution in [3.8, 4) is 0 Å². The molecule has 1 N–H and O–H groups in total. The minimum absolute atomic E-state index is 0.0575. The molecule has 0 unspecified atom stereocenters. The van der Waals surface area contributed by atoms with E-state index in [0.29, 0.717) is 5.92 Å². The molecule has 1 aliphatic carbocycles. The summed E-state index contributed by atoms with van der Waals surface area (Å²) in [5, 5.41) is 7.27. The first-order valence-corrected chi connectivity index (χ1v) is 9.02. The summed E-state index contributed by atoms with van der Waals surface area (Å²) in [5.41, 5.74) is 3.76. The summed E-state index contributed by atoms with van der Waals surface area (Å²) in [7, 11) is 0. The number of aryl methyl sites for hydroxylation is 2. The predicted octanol–water partition coefficient (Wildman–Crippen LogP) is 3.27. The number of aromatic nitrogens is 2. The van der Waals surface area contributed by atoms with Gasteiger partial charge in [0.15, 0.2) is 0 Å². The summed E-state index contributed by atoms with van der Waals surface area (Å²) in [5.74, 6) is 0.215. The number of carbonyl (C=O) groups is 1. The standard InChI is InChI=1S/C20H25N3O2/c1-14(2)15-8-10-17(11-9-15)21-19(24)13-23-20(25)12-16-6-4-3-5-7-18(16)22-23/h8-12,14H,3-7,13H2,1-2H3,(H,21,24). The van der Waals surface area contributed by atoms with E-state index in [1.54, 1.807) is 6.07 Å². The zero-order valence-corrected chi connectivity index (χ0v) is 14.9. The number of carbonyl (C=O) groups excluding carboxylic acids is 1. The maximum atomic E-state index is 12.3. The second kappa shape index (κ2) is 7.64.